The summed E-state index contributed by atoms with van der Waals surface area (Å²) < 4.78 is 0. The van der Waals surface area contributed by atoms with Crippen LogP contribution in [-0.4, -0.2) is 4.98 Å². The number of fused-ring (bicyclic) bond motifs is 3. The quantitative estimate of drug-likeness (QED) is 0.615. The minimum Gasteiger partial charge on any atom is -0.355 e. The Morgan fingerprint density at radius 3 is 2.56 bits per heavy atom. The van der Waals surface area contributed by atoms with Crippen molar-refractivity contribution < 1.29 is 0 Å². The first-order chi connectivity index (χ1) is 7.92. The van der Waals surface area contributed by atoms with Crippen molar-refractivity contribution in [1.29, 1.82) is 0 Å². The lowest BCUT2D eigenvalue weighted by Crippen LogP contribution is -1.77. The monoisotopic (exact) mass is 207 g/mol. The summed E-state index contributed by atoms with van der Waals surface area (Å²) in [5.41, 5.74) is 4.02. The van der Waals surface area contributed by atoms with Crippen LogP contribution < -0.4 is 0 Å². The van der Waals surface area contributed by atoms with Crippen molar-refractivity contribution in [1.82, 2.24) is 4.98 Å². The first-order valence-corrected chi connectivity index (χ1v) is 5.92. The van der Waals surface area contributed by atoms with E-state index in [-0.39, 0.29) is 0 Å². The SMILES string of the molecule is c1ccc2c(c1)[nH]c1cc(C3CC3)ccc12. The van der Waals surface area contributed by atoms with E-state index in [9.17, 15) is 0 Å². The highest BCUT2D eigenvalue weighted by Gasteiger charge is 2.23. The Labute approximate surface area is 94.1 Å². The third kappa shape index (κ3) is 1.12. The highest BCUT2D eigenvalue weighted by Crippen LogP contribution is 2.41. The summed E-state index contributed by atoms with van der Waals surface area (Å²) in [6, 6.07) is 15.4. The molecule has 2 aromatic carbocycles. The third-order valence-electron chi connectivity index (χ3n) is 3.58. The molecule has 1 saturated carbocycles. The normalized spacial score (nSPS) is 16.0. The molecule has 78 valence electrons. The molecule has 0 saturated heterocycles. The van der Waals surface area contributed by atoms with Gasteiger partial charge in [0.05, 0.1) is 0 Å². The highest BCUT2D eigenvalue weighted by molar-refractivity contribution is 6.07. The maximum Gasteiger partial charge on any atom is 0.0467 e. The van der Waals surface area contributed by atoms with Crippen molar-refractivity contribution in [2.24, 2.45) is 0 Å². The number of H-pyrrole nitrogens is 1. The topological polar surface area (TPSA) is 15.8 Å². The lowest BCUT2D eigenvalue weighted by atomic mass is 10.1. The van der Waals surface area contributed by atoms with E-state index >= 15 is 0 Å². The molecule has 0 spiro atoms. The molecule has 1 heterocycles. The number of hydrogen-bond donors (Lipinski definition) is 1. The van der Waals surface area contributed by atoms with Gasteiger partial charge >= 0.3 is 0 Å². The zero-order valence-corrected chi connectivity index (χ0v) is 9.03. The Kier molecular flexibility index (Phi) is 1.51. The standard InChI is InChI=1S/C15H13N/c1-2-4-14-12(3-1)13-8-7-11(10-5-6-10)9-15(13)16-14/h1-4,7-10,16H,5-6H2. The number of nitrogens with one attached hydrogen (secondary N) is 1. The number of rotatable bonds is 1. The van der Waals surface area contributed by atoms with Crippen molar-refractivity contribution in [2.45, 2.75) is 18.8 Å². The summed E-state index contributed by atoms with van der Waals surface area (Å²) in [7, 11) is 0. The third-order valence-corrected chi connectivity index (χ3v) is 3.58. The van der Waals surface area contributed by atoms with Gasteiger partial charge in [0.25, 0.3) is 0 Å². The molecule has 0 unspecified atom stereocenters. The first kappa shape index (κ1) is 8.40. The molecule has 1 heteroatoms. The number of hydrogen-bond acceptors (Lipinski definition) is 0. The van der Waals surface area contributed by atoms with Gasteiger partial charge in [-0.25, -0.2) is 0 Å². The van der Waals surface area contributed by atoms with E-state index < -0.39 is 0 Å². The van der Waals surface area contributed by atoms with Crippen molar-refractivity contribution >= 4 is 21.8 Å². The molecule has 1 fully saturated rings. The van der Waals surface area contributed by atoms with E-state index in [1.165, 1.54) is 40.2 Å². The van der Waals surface area contributed by atoms with Crippen LogP contribution in [0.2, 0.25) is 0 Å². The first-order valence-electron chi connectivity index (χ1n) is 5.92. The molecule has 0 bridgehead atoms. The molecule has 3 aromatic rings. The van der Waals surface area contributed by atoms with E-state index in [1.807, 2.05) is 0 Å². The predicted octanol–water partition coefficient (Wildman–Crippen LogP) is 4.20. The molecule has 1 aliphatic carbocycles. The lowest BCUT2D eigenvalue weighted by Gasteiger charge is -1.97. The van der Waals surface area contributed by atoms with Gasteiger partial charge in [0.1, 0.15) is 0 Å². The van der Waals surface area contributed by atoms with Crippen LogP contribution in [-0.2, 0) is 0 Å². The fraction of sp³-hybridized carbons (Fsp3) is 0.200. The summed E-state index contributed by atoms with van der Waals surface area (Å²) in [4.78, 5) is 3.50. The molecule has 1 N–H and O–H groups in total. The summed E-state index contributed by atoms with van der Waals surface area (Å²) in [6.07, 6.45) is 2.73. The van der Waals surface area contributed by atoms with Crippen LogP contribution in [0, 0.1) is 0 Å². The molecule has 4 rings (SSSR count). The molecule has 0 atom stereocenters. The van der Waals surface area contributed by atoms with Crippen LogP contribution >= 0.6 is 0 Å². The molecular formula is C15H13N. The van der Waals surface area contributed by atoms with Crippen molar-refractivity contribution in [2.75, 3.05) is 0 Å². The van der Waals surface area contributed by atoms with Gasteiger partial charge in [0.15, 0.2) is 0 Å². The Morgan fingerprint density at radius 2 is 1.69 bits per heavy atom. The van der Waals surface area contributed by atoms with Gasteiger partial charge in [-0.05, 0) is 36.5 Å². The number of para-hydroxylation sites is 1. The number of benzene rings is 2. The van der Waals surface area contributed by atoms with E-state index in [0.29, 0.717) is 0 Å². The molecule has 1 aliphatic rings. The van der Waals surface area contributed by atoms with Gasteiger partial charge in [0.2, 0.25) is 0 Å². The Morgan fingerprint density at radius 1 is 0.875 bits per heavy atom. The van der Waals surface area contributed by atoms with Crippen LogP contribution in [0.15, 0.2) is 42.5 Å². The molecule has 0 aliphatic heterocycles. The van der Waals surface area contributed by atoms with Gasteiger partial charge in [-0.1, -0.05) is 30.3 Å². The summed E-state index contributed by atoms with van der Waals surface area (Å²) in [5.74, 6) is 0.829. The Bertz CT molecular complexity index is 674. The molecule has 1 nitrogen and oxygen atoms in total. The lowest BCUT2D eigenvalue weighted by molar-refractivity contribution is 1.14. The molecule has 1 aromatic heterocycles. The minimum atomic E-state index is 0.829. The van der Waals surface area contributed by atoms with Gasteiger partial charge in [-0.15, -0.1) is 0 Å². The Hall–Kier alpha value is -1.76. The zero-order valence-electron chi connectivity index (χ0n) is 9.03. The molecule has 16 heavy (non-hydrogen) atoms. The molecular weight excluding hydrogens is 194 g/mol. The van der Waals surface area contributed by atoms with Crippen LogP contribution in [0.5, 0.6) is 0 Å². The second-order valence-electron chi connectivity index (χ2n) is 4.75. The molecule has 0 radical (unpaired) electrons. The smallest absolute Gasteiger partial charge is 0.0467 e. The van der Waals surface area contributed by atoms with E-state index in [0.717, 1.165) is 5.92 Å². The predicted molar refractivity (Wildman–Crippen MR) is 67.8 cm³/mol. The minimum absolute atomic E-state index is 0.829. The largest absolute Gasteiger partial charge is 0.355 e. The van der Waals surface area contributed by atoms with Crippen LogP contribution in [0.25, 0.3) is 21.8 Å². The van der Waals surface area contributed by atoms with E-state index in [1.54, 1.807) is 0 Å². The summed E-state index contributed by atoms with van der Waals surface area (Å²) in [6.45, 7) is 0. The number of aromatic amines is 1. The molecule has 0 amide bonds. The van der Waals surface area contributed by atoms with Gasteiger partial charge in [-0.2, -0.15) is 0 Å². The average molecular weight is 207 g/mol. The fourth-order valence-electron chi connectivity index (χ4n) is 2.54. The summed E-state index contributed by atoms with van der Waals surface area (Å²) >= 11 is 0. The Balaban J connectivity index is 2.07. The maximum absolute atomic E-state index is 3.50. The second kappa shape index (κ2) is 2.88. The van der Waals surface area contributed by atoms with Crippen LogP contribution in [0.3, 0.4) is 0 Å². The second-order valence-corrected chi connectivity index (χ2v) is 4.75. The van der Waals surface area contributed by atoms with Crippen molar-refractivity contribution in [3.05, 3.63) is 48.0 Å². The van der Waals surface area contributed by atoms with Gasteiger partial charge < -0.3 is 4.98 Å². The average Bonchev–Trinajstić information content (AvgIpc) is 3.10. The fourth-order valence-corrected chi connectivity index (χ4v) is 2.54. The maximum atomic E-state index is 3.50. The van der Waals surface area contributed by atoms with Crippen LogP contribution in [0.1, 0.15) is 24.3 Å². The number of aromatic nitrogens is 1. The zero-order chi connectivity index (χ0) is 10.5. The van der Waals surface area contributed by atoms with Crippen molar-refractivity contribution in [3.63, 3.8) is 0 Å². The van der Waals surface area contributed by atoms with Gasteiger partial charge in [-0.3, -0.25) is 0 Å². The van der Waals surface area contributed by atoms with Crippen molar-refractivity contribution in [3.8, 4) is 0 Å². The van der Waals surface area contributed by atoms with E-state index in [2.05, 4.69) is 47.4 Å². The van der Waals surface area contributed by atoms with E-state index in [4.69, 9.17) is 0 Å². The van der Waals surface area contributed by atoms with Gasteiger partial charge in [0, 0.05) is 21.8 Å². The highest BCUT2D eigenvalue weighted by atomic mass is 14.7. The summed E-state index contributed by atoms with van der Waals surface area (Å²) in [5, 5.41) is 2.68. The van der Waals surface area contributed by atoms with Crippen LogP contribution in [0.4, 0.5) is 0 Å².